The second-order valence-electron chi connectivity index (χ2n) is 4.65. The van der Waals surface area contributed by atoms with Crippen LogP contribution in [0.4, 0.5) is 0 Å². The maximum absolute atomic E-state index is 12.0. The van der Waals surface area contributed by atoms with Crippen molar-refractivity contribution < 1.29 is 13.2 Å². The van der Waals surface area contributed by atoms with E-state index >= 15 is 0 Å². The summed E-state index contributed by atoms with van der Waals surface area (Å²) in [7, 11) is -3.87. The minimum absolute atomic E-state index is 0.00221. The first-order valence-electron chi connectivity index (χ1n) is 6.64. The van der Waals surface area contributed by atoms with Crippen LogP contribution in [0.3, 0.4) is 0 Å². The van der Waals surface area contributed by atoms with Gasteiger partial charge in [-0.3, -0.25) is 15.3 Å². The summed E-state index contributed by atoms with van der Waals surface area (Å²) >= 11 is 6.60. The van der Waals surface area contributed by atoms with Crippen molar-refractivity contribution in [3.05, 3.63) is 58.6 Å². The van der Waals surface area contributed by atoms with Gasteiger partial charge in [0.25, 0.3) is 15.9 Å². The van der Waals surface area contributed by atoms with Crippen LogP contribution in [0.2, 0.25) is 4.34 Å². The van der Waals surface area contributed by atoms with Gasteiger partial charge in [0.15, 0.2) is 0 Å². The Morgan fingerprint density at radius 1 is 1.17 bits per heavy atom. The summed E-state index contributed by atoms with van der Waals surface area (Å²) in [4.78, 5) is 14.1. The van der Waals surface area contributed by atoms with Gasteiger partial charge in [-0.1, -0.05) is 41.9 Å². The number of aromatic nitrogens is 2. The Labute approximate surface area is 146 Å². The molecule has 3 rings (SSSR count). The SMILES string of the molecule is O=C(NNS(=O)(=O)c1ccc(Cl)s1)c1cc(-c2ccccc2)n[nH]1. The number of hydrogen-bond acceptors (Lipinski definition) is 5. The molecule has 0 unspecified atom stereocenters. The number of hydrogen-bond donors (Lipinski definition) is 3. The molecular weight excluding hydrogens is 372 g/mol. The number of carbonyl (C=O) groups is 1. The summed E-state index contributed by atoms with van der Waals surface area (Å²) in [5.41, 5.74) is 3.67. The molecule has 2 heterocycles. The van der Waals surface area contributed by atoms with Gasteiger partial charge in [-0.25, -0.2) is 8.42 Å². The van der Waals surface area contributed by atoms with Crippen LogP contribution in [-0.2, 0) is 10.0 Å². The van der Waals surface area contributed by atoms with Crippen molar-refractivity contribution in [2.24, 2.45) is 0 Å². The average molecular weight is 383 g/mol. The molecule has 124 valence electrons. The number of hydrazine groups is 1. The fourth-order valence-corrected chi connectivity index (χ4v) is 4.19. The molecule has 0 saturated carbocycles. The molecule has 0 saturated heterocycles. The summed E-state index contributed by atoms with van der Waals surface area (Å²) in [5.74, 6) is -0.657. The molecule has 7 nitrogen and oxygen atoms in total. The molecule has 1 aromatic carbocycles. The lowest BCUT2D eigenvalue weighted by molar-refractivity contribution is 0.0940. The van der Waals surface area contributed by atoms with Gasteiger partial charge in [-0.2, -0.15) is 5.10 Å². The van der Waals surface area contributed by atoms with Gasteiger partial charge in [0.05, 0.1) is 10.0 Å². The van der Waals surface area contributed by atoms with E-state index in [0.29, 0.717) is 10.0 Å². The minimum Gasteiger partial charge on any atom is -0.272 e. The Bertz CT molecular complexity index is 967. The van der Waals surface area contributed by atoms with Crippen LogP contribution in [0.15, 0.2) is 52.7 Å². The maximum atomic E-state index is 12.0. The third kappa shape index (κ3) is 3.65. The van der Waals surface area contributed by atoms with E-state index in [9.17, 15) is 13.2 Å². The number of sulfonamides is 1. The quantitative estimate of drug-likeness (QED) is 0.589. The van der Waals surface area contributed by atoms with E-state index in [0.717, 1.165) is 16.9 Å². The van der Waals surface area contributed by atoms with Crippen molar-refractivity contribution in [2.75, 3.05) is 0 Å². The number of carbonyl (C=O) groups excluding carboxylic acids is 1. The molecular formula is C14H11ClN4O3S2. The number of amides is 1. The smallest absolute Gasteiger partial charge is 0.272 e. The lowest BCUT2D eigenvalue weighted by Gasteiger charge is -2.05. The highest BCUT2D eigenvalue weighted by Gasteiger charge is 2.19. The summed E-state index contributed by atoms with van der Waals surface area (Å²) in [6.45, 7) is 0. The van der Waals surface area contributed by atoms with Gasteiger partial charge in [0.1, 0.15) is 9.90 Å². The van der Waals surface area contributed by atoms with Crippen molar-refractivity contribution in [3.8, 4) is 11.3 Å². The molecule has 0 spiro atoms. The molecule has 0 aliphatic rings. The normalized spacial score (nSPS) is 11.4. The first-order chi connectivity index (χ1) is 11.5. The Kier molecular flexibility index (Phi) is 4.67. The van der Waals surface area contributed by atoms with E-state index in [1.165, 1.54) is 18.2 Å². The number of aromatic amines is 1. The summed E-state index contributed by atoms with van der Waals surface area (Å²) in [6.07, 6.45) is 0. The van der Waals surface area contributed by atoms with E-state index in [1.54, 1.807) is 0 Å². The highest BCUT2D eigenvalue weighted by Crippen LogP contribution is 2.25. The number of nitrogens with one attached hydrogen (secondary N) is 3. The van der Waals surface area contributed by atoms with Crippen LogP contribution >= 0.6 is 22.9 Å². The fourth-order valence-electron chi connectivity index (χ4n) is 1.87. The minimum atomic E-state index is -3.87. The molecule has 2 aromatic heterocycles. The highest BCUT2D eigenvalue weighted by molar-refractivity contribution is 7.91. The molecule has 1 amide bonds. The van der Waals surface area contributed by atoms with Crippen LogP contribution in [0, 0.1) is 0 Å². The fraction of sp³-hybridized carbons (Fsp3) is 0. The van der Waals surface area contributed by atoms with Crippen molar-refractivity contribution >= 4 is 38.9 Å². The zero-order valence-electron chi connectivity index (χ0n) is 12.0. The Balaban J connectivity index is 1.69. The van der Waals surface area contributed by atoms with Crippen molar-refractivity contribution in [1.82, 2.24) is 20.5 Å². The molecule has 10 heteroatoms. The van der Waals surface area contributed by atoms with Crippen molar-refractivity contribution in [1.29, 1.82) is 0 Å². The monoisotopic (exact) mass is 382 g/mol. The molecule has 0 fully saturated rings. The van der Waals surface area contributed by atoms with Gasteiger partial charge in [-0.15, -0.1) is 16.2 Å². The number of H-pyrrole nitrogens is 1. The molecule has 0 radical (unpaired) electrons. The summed E-state index contributed by atoms with van der Waals surface area (Å²) < 4.78 is 24.4. The van der Waals surface area contributed by atoms with Crippen LogP contribution in [0.25, 0.3) is 11.3 Å². The van der Waals surface area contributed by atoms with Gasteiger partial charge < -0.3 is 0 Å². The second-order valence-corrected chi connectivity index (χ2v) is 8.28. The number of benzene rings is 1. The van der Waals surface area contributed by atoms with Gasteiger partial charge in [0.2, 0.25) is 0 Å². The first-order valence-corrected chi connectivity index (χ1v) is 9.32. The number of halogens is 1. The molecule has 0 bridgehead atoms. The van der Waals surface area contributed by atoms with E-state index in [2.05, 4.69) is 15.6 Å². The highest BCUT2D eigenvalue weighted by atomic mass is 35.5. The lowest BCUT2D eigenvalue weighted by atomic mass is 10.1. The third-order valence-corrected chi connectivity index (χ3v) is 5.98. The third-order valence-electron chi connectivity index (χ3n) is 3.00. The Hall–Kier alpha value is -2.20. The zero-order valence-corrected chi connectivity index (χ0v) is 14.4. The number of rotatable bonds is 5. The molecule has 3 aromatic rings. The Morgan fingerprint density at radius 3 is 2.58 bits per heavy atom. The second kappa shape index (κ2) is 6.73. The Morgan fingerprint density at radius 2 is 1.92 bits per heavy atom. The topological polar surface area (TPSA) is 104 Å². The van der Waals surface area contributed by atoms with Crippen molar-refractivity contribution in [2.45, 2.75) is 4.21 Å². The van der Waals surface area contributed by atoms with Crippen LogP contribution in [0.5, 0.6) is 0 Å². The maximum Gasteiger partial charge on any atom is 0.284 e. The molecule has 0 atom stereocenters. The van der Waals surface area contributed by atoms with Gasteiger partial charge in [0, 0.05) is 5.56 Å². The van der Waals surface area contributed by atoms with Crippen LogP contribution in [-0.4, -0.2) is 24.5 Å². The predicted octanol–water partition coefficient (Wildman–Crippen LogP) is 2.41. The molecule has 0 aliphatic carbocycles. The molecule has 0 aliphatic heterocycles. The summed E-state index contributed by atoms with van der Waals surface area (Å²) in [5, 5.41) is 6.60. The molecule has 3 N–H and O–H groups in total. The first kappa shape index (κ1) is 16.7. The van der Waals surface area contributed by atoms with Crippen LogP contribution in [0.1, 0.15) is 10.5 Å². The number of thiophene rings is 1. The molecule has 24 heavy (non-hydrogen) atoms. The van der Waals surface area contributed by atoms with E-state index < -0.39 is 15.9 Å². The van der Waals surface area contributed by atoms with E-state index in [-0.39, 0.29) is 9.90 Å². The van der Waals surface area contributed by atoms with E-state index in [1.807, 2.05) is 35.2 Å². The van der Waals surface area contributed by atoms with Gasteiger partial charge >= 0.3 is 0 Å². The standard InChI is InChI=1S/C14H11ClN4O3S2/c15-12-6-7-13(23-12)24(21,22)19-18-14(20)11-8-10(16-17-11)9-4-2-1-3-5-9/h1-8,19H,(H,16,17)(H,18,20). The average Bonchev–Trinajstić information content (AvgIpc) is 3.23. The predicted molar refractivity (Wildman–Crippen MR) is 91.1 cm³/mol. The largest absolute Gasteiger partial charge is 0.284 e. The summed E-state index contributed by atoms with van der Waals surface area (Å²) in [6, 6.07) is 13.6. The zero-order chi connectivity index (χ0) is 17.2. The number of nitrogens with zero attached hydrogens (tertiary/aromatic N) is 1. The van der Waals surface area contributed by atoms with Crippen LogP contribution < -0.4 is 10.3 Å². The lowest BCUT2D eigenvalue weighted by Crippen LogP contribution is -2.41. The van der Waals surface area contributed by atoms with E-state index in [4.69, 9.17) is 11.6 Å². The van der Waals surface area contributed by atoms with Gasteiger partial charge in [-0.05, 0) is 18.2 Å². The van der Waals surface area contributed by atoms with Crippen molar-refractivity contribution in [3.63, 3.8) is 0 Å².